The van der Waals surface area contributed by atoms with Gasteiger partial charge < -0.3 is 10.5 Å². The average Bonchev–Trinajstić information content (AvgIpc) is 2.77. The highest BCUT2D eigenvalue weighted by molar-refractivity contribution is 7.18. The van der Waals surface area contributed by atoms with Gasteiger partial charge in [-0.05, 0) is 19.1 Å². The fraction of sp³-hybridized carbons (Fsp3) is 0.143. The van der Waals surface area contributed by atoms with Crippen LogP contribution in [0.25, 0.3) is 10.2 Å². The topological polar surface area (TPSA) is 61.0 Å². The third-order valence-electron chi connectivity index (χ3n) is 2.82. The van der Waals surface area contributed by atoms with Gasteiger partial charge >= 0.3 is 0 Å². The van der Waals surface area contributed by atoms with Crippen molar-refractivity contribution in [2.24, 2.45) is 0 Å². The lowest BCUT2D eigenvalue weighted by Gasteiger charge is -2.08. The zero-order chi connectivity index (χ0) is 14.1. The molecule has 0 bridgehead atoms. The minimum absolute atomic E-state index is 0.216. The molecule has 6 heteroatoms. The summed E-state index contributed by atoms with van der Waals surface area (Å²) in [6.07, 6.45) is 0. The number of halogens is 1. The lowest BCUT2D eigenvalue weighted by molar-refractivity contribution is 0.298. The number of nitrogens with two attached hydrogens (primary N) is 1. The summed E-state index contributed by atoms with van der Waals surface area (Å²) in [5.41, 5.74) is 6.62. The molecule has 0 saturated carbocycles. The molecular formula is C14H12ClN3OS. The molecule has 0 spiro atoms. The third kappa shape index (κ3) is 2.55. The first kappa shape index (κ1) is 13.1. The molecule has 0 fully saturated rings. The van der Waals surface area contributed by atoms with Crippen LogP contribution in [0.1, 0.15) is 10.4 Å². The number of fused-ring (bicyclic) bond motifs is 1. The molecule has 2 N–H and O–H groups in total. The van der Waals surface area contributed by atoms with Gasteiger partial charge in [-0.15, -0.1) is 11.3 Å². The van der Waals surface area contributed by atoms with E-state index >= 15 is 0 Å². The fourth-order valence-electron chi connectivity index (χ4n) is 1.90. The van der Waals surface area contributed by atoms with E-state index in [2.05, 4.69) is 9.97 Å². The number of hydrogen-bond acceptors (Lipinski definition) is 5. The van der Waals surface area contributed by atoms with Crippen molar-refractivity contribution in [3.8, 4) is 5.88 Å². The van der Waals surface area contributed by atoms with Crippen LogP contribution in [0.2, 0.25) is 5.02 Å². The highest BCUT2D eigenvalue weighted by Crippen LogP contribution is 2.31. The first-order chi connectivity index (χ1) is 9.63. The highest BCUT2D eigenvalue weighted by atomic mass is 35.5. The first-order valence-corrected chi connectivity index (χ1v) is 7.23. The predicted molar refractivity (Wildman–Crippen MR) is 82.3 cm³/mol. The van der Waals surface area contributed by atoms with Crippen LogP contribution in [0.3, 0.4) is 0 Å². The molecule has 0 unspecified atom stereocenters. The number of ether oxygens (including phenoxy) is 1. The first-order valence-electron chi connectivity index (χ1n) is 6.03. The van der Waals surface area contributed by atoms with E-state index in [1.165, 1.54) is 0 Å². The number of nitrogens with zero attached hydrogens (tertiary/aromatic N) is 2. The minimum atomic E-state index is 0.216. The van der Waals surface area contributed by atoms with Gasteiger partial charge in [-0.3, -0.25) is 0 Å². The van der Waals surface area contributed by atoms with Crippen molar-refractivity contribution in [2.75, 3.05) is 5.73 Å². The number of aromatic nitrogens is 2. The van der Waals surface area contributed by atoms with E-state index < -0.39 is 0 Å². The van der Waals surface area contributed by atoms with Gasteiger partial charge in [0.05, 0.1) is 5.39 Å². The standard InChI is InChI=1S/C14H12ClN3OS/c1-8-6-10-12(17-14(16)18-13(10)20-8)19-7-9-4-2-3-5-11(9)15/h2-6H,7H2,1H3,(H2,16,17,18). The van der Waals surface area contributed by atoms with Crippen molar-refractivity contribution in [2.45, 2.75) is 13.5 Å². The smallest absolute Gasteiger partial charge is 0.227 e. The molecule has 0 amide bonds. The van der Waals surface area contributed by atoms with Crippen LogP contribution >= 0.6 is 22.9 Å². The highest BCUT2D eigenvalue weighted by Gasteiger charge is 2.11. The molecular weight excluding hydrogens is 294 g/mol. The van der Waals surface area contributed by atoms with Crippen molar-refractivity contribution in [3.05, 3.63) is 45.8 Å². The molecule has 0 aliphatic rings. The Morgan fingerprint density at radius 1 is 1.30 bits per heavy atom. The third-order valence-corrected chi connectivity index (χ3v) is 4.13. The molecule has 3 rings (SSSR count). The van der Waals surface area contributed by atoms with Crippen LogP contribution in [0.4, 0.5) is 5.95 Å². The monoisotopic (exact) mass is 305 g/mol. The Labute approximate surface area is 125 Å². The van der Waals surface area contributed by atoms with Gasteiger partial charge in [0.15, 0.2) is 0 Å². The number of nitrogen functional groups attached to an aromatic ring is 1. The molecule has 102 valence electrons. The summed E-state index contributed by atoms with van der Waals surface area (Å²) in [5.74, 6) is 0.713. The second-order valence-corrected chi connectivity index (χ2v) is 5.98. The van der Waals surface area contributed by atoms with Crippen molar-refractivity contribution >= 4 is 39.1 Å². The molecule has 0 radical (unpaired) electrons. The summed E-state index contributed by atoms with van der Waals surface area (Å²) in [7, 11) is 0. The summed E-state index contributed by atoms with van der Waals surface area (Å²) in [5, 5.41) is 1.56. The van der Waals surface area contributed by atoms with E-state index in [-0.39, 0.29) is 5.95 Å². The summed E-state index contributed by atoms with van der Waals surface area (Å²) in [6.45, 7) is 2.36. The van der Waals surface area contributed by atoms with Crippen LogP contribution in [0, 0.1) is 6.92 Å². The second kappa shape index (κ2) is 5.26. The van der Waals surface area contributed by atoms with Gasteiger partial charge in [0.1, 0.15) is 11.4 Å². The van der Waals surface area contributed by atoms with Gasteiger partial charge in [-0.25, -0.2) is 4.98 Å². The zero-order valence-corrected chi connectivity index (χ0v) is 12.3. The minimum Gasteiger partial charge on any atom is -0.472 e. The summed E-state index contributed by atoms with van der Waals surface area (Å²) in [6, 6.07) is 9.56. The van der Waals surface area contributed by atoms with E-state index in [1.807, 2.05) is 37.3 Å². The molecule has 0 aliphatic heterocycles. The second-order valence-electron chi connectivity index (χ2n) is 4.34. The molecule has 0 saturated heterocycles. The maximum atomic E-state index is 6.11. The number of hydrogen-bond donors (Lipinski definition) is 1. The lowest BCUT2D eigenvalue weighted by Crippen LogP contribution is -2.01. The van der Waals surface area contributed by atoms with E-state index in [1.54, 1.807) is 11.3 Å². The summed E-state index contributed by atoms with van der Waals surface area (Å²) < 4.78 is 5.77. The van der Waals surface area contributed by atoms with E-state index in [0.29, 0.717) is 17.5 Å². The number of thiophene rings is 1. The van der Waals surface area contributed by atoms with Gasteiger partial charge in [0.2, 0.25) is 11.8 Å². The molecule has 3 aromatic rings. The van der Waals surface area contributed by atoms with Crippen LogP contribution < -0.4 is 10.5 Å². The molecule has 2 aromatic heterocycles. The molecule has 2 heterocycles. The van der Waals surface area contributed by atoms with Crippen molar-refractivity contribution < 1.29 is 4.74 Å². The normalized spacial score (nSPS) is 10.9. The summed E-state index contributed by atoms with van der Waals surface area (Å²) >= 11 is 7.68. The Balaban J connectivity index is 1.93. The number of anilines is 1. The Kier molecular flexibility index (Phi) is 3.46. The quantitative estimate of drug-likeness (QED) is 0.799. The Morgan fingerprint density at radius 3 is 2.90 bits per heavy atom. The lowest BCUT2D eigenvalue weighted by atomic mass is 10.2. The van der Waals surface area contributed by atoms with Gasteiger partial charge in [-0.2, -0.15) is 4.98 Å². The fourth-order valence-corrected chi connectivity index (χ4v) is 2.97. The average molecular weight is 306 g/mol. The zero-order valence-electron chi connectivity index (χ0n) is 10.8. The van der Waals surface area contributed by atoms with E-state index in [9.17, 15) is 0 Å². The van der Waals surface area contributed by atoms with Crippen LogP contribution in [-0.4, -0.2) is 9.97 Å². The van der Waals surface area contributed by atoms with Crippen LogP contribution in [0.15, 0.2) is 30.3 Å². The molecule has 20 heavy (non-hydrogen) atoms. The van der Waals surface area contributed by atoms with Crippen molar-refractivity contribution in [1.82, 2.24) is 9.97 Å². The molecule has 4 nitrogen and oxygen atoms in total. The molecule has 1 aromatic carbocycles. The van der Waals surface area contributed by atoms with Crippen molar-refractivity contribution in [1.29, 1.82) is 0 Å². The van der Waals surface area contributed by atoms with Gasteiger partial charge in [0.25, 0.3) is 0 Å². The number of aryl methyl sites for hydroxylation is 1. The van der Waals surface area contributed by atoms with E-state index in [4.69, 9.17) is 22.1 Å². The Bertz CT molecular complexity index is 772. The van der Waals surface area contributed by atoms with Crippen LogP contribution in [0.5, 0.6) is 5.88 Å². The maximum absolute atomic E-state index is 6.11. The number of benzene rings is 1. The van der Waals surface area contributed by atoms with Gasteiger partial charge in [0, 0.05) is 15.5 Å². The van der Waals surface area contributed by atoms with E-state index in [0.717, 1.165) is 20.7 Å². The SMILES string of the molecule is Cc1cc2c(OCc3ccccc3Cl)nc(N)nc2s1. The van der Waals surface area contributed by atoms with Gasteiger partial charge in [-0.1, -0.05) is 29.8 Å². The Hall–Kier alpha value is -1.85. The largest absolute Gasteiger partial charge is 0.472 e. The van der Waals surface area contributed by atoms with Crippen LogP contribution in [-0.2, 0) is 6.61 Å². The predicted octanol–water partition coefficient (Wildman–Crippen LogP) is 3.81. The maximum Gasteiger partial charge on any atom is 0.227 e. The number of rotatable bonds is 3. The molecule has 0 atom stereocenters. The van der Waals surface area contributed by atoms with Crippen molar-refractivity contribution in [3.63, 3.8) is 0 Å². The Morgan fingerprint density at radius 2 is 2.10 bits per heavy atom. The molecule has 0 aliphatic carbocycles. The summed E-state index contributed by atoms with van der Waals surface area (Å²) in [4.78, 5) is 10.4.